The van der Waals surface area contributed by atoms with Crippen LogP contribution in [0.1, 0.15) is 12.6 Å². The molecule has 7 nitrogen and oxygen atoms in total. The van der Waals surface area contributed by atoms with Crippen molar-refractivity contribution in [3.63, 3.8) is 0 Å². The van der Waals surface area contributed by atoms with Gasteiger partial charge >= 0.3 is 6.01 Å². The summed E-state index contributed by atoms with van der Waals surface area (Å²) in [6.07, 6.45) is 2.41. The molecule has 0 aliphatic carbocycles. The van der Waals surface area contributed by atoms with E-state index in [9.17, 15) is 0 Å². The lowest BCUT2D eigenvalue weighted by Gasteiger charge is -2.08. The third kappa shape index (κ3) is 5.06. The van der Waals surface area contributed by atoms with E-state index in [0.717, 1.165) is 11.3 Å². The highest BCUT2D eigenvalue weighted by atomic mass is 16.5. The molecule has 0 saturated carbocycles. The molecule has 0 aliphatic heterocycles. The van der Waals surface area contributed by atoms with Gasteiger partial charge in [-0.25, -0.2) is 0 Å². The summed E-state index contributed by atoms with van der Waals surface area (Å²) < 4.78 is 5.49. The standard InChI is InChI=1S/C14H18N6O/c1-10(2)9-17-13-18-12(15)19-14(20-13)21-8-6-11-5-3-4-7-16-11/h3-5,7H,1,6,8-9H2,2H3,(H3,15,17,18,19,20). The van der Waals surface area contributed by atoms with E-state index < -0.39 is 0 Å². The zero-order chi connectivity index (χ0) is 15.1. The van der Waals surface area contributed by atoms with Crippen molar-refractivity contribution in [2.24, 2.45) is 0 Å². The van der Waals surface area contributed by atoms with E-state index in [4.69, 9.17) is 10.5 Å². The lowest BCUT2D eigenvalue weighted by molar-refractivity contribution is 0.295. The van der Waals surface area contributed by atoms with E-state index in [2.05, 4.69) is 31.8 Å². The fourth-order valence-corrected chi connectivity index (χ4v) is 1.54. The molecule has 3 N–H and O–H groups in total. The fourth-order valence-electron chi connectivity index (χ4n) is 1.54. The van der Waals surface area contributed by atoms with Crippen LogP contribution in [0.3, 0.4) is 0 Å². The molecule has 0 amide bonds. The summed E-state index contributed by atoms with van der Waals surface area (Å²) >= 11 is 0. The molecule has 0 radical (unpaired) electrons. The number of hydrogen-bond donors (Lipinski definition) is 2. The van der Waals surface area contributed by atoms with E-state index in [0.29, 0.717) is 25.5 Å². The van der Waals surface area contributed by atoms with Crippen molar-refractivity contribution in [3.8, 4) is 6.01 Å². The van der Waals surface area contributed by atoms with Gasteiger partial charge < -0.3 is 15.8 Å². The molecular formula is C14H18N6O. The molecule has 0 saturated heterocycles. The highest BCUT2D eigenvalue weighted by Gasteiger charge is 2.05. The second kappa shape index (κ2) is 7.18. The second-order valence-corrected chi connectivity index (χ2v) is 4.53. The maximum Gasteiger partial charge on any atom is 0.323 e. The number of nitrogen functional groups attached to an aromatic ring is 1. The Balaban J connectivity index is 1.91. The first-order valence-electron chi connectivity index (χ1n) is 6.56. The van der Waals surface area contributed by atoms with Crippen LogP contribution < -0.4 is 15.8 Å². The Morgan fingerprint density at radius 2 is 2.19 bits per heavy atom. The molecule has 0 aliphatic rings. The third-order valence-corrected chi connectivity index (χ3v) is 2.50. The SMILES string of the molecule is C=C(C)CNc1nc(N)nc(OCCc2ccccn2)n1. The number of nitrogens with one attached hydrogen (secondary N) is 1. The minimum Gasteiger partial charge on any atom is -0.463 e. The lowest BCUT2D eigenvalue weighted by atomic mass is 10.3. The Bertz CT molecular complexity index is 602. The van der Waals surface area contributed by atoms with Crippen LogP contribution >= 0.6 is 0 Å². The largest absolute Gasteiger partial charge is 0.463 e. The first-order chi connectivity index (χ1) is 10.1. The summed E-state index contributed by atoms with van der Waals surface area (Å²) in [6, 6.07) is 5.94. The molecule has 0 spiro atoms. The van der Waals surface area contributed by atoms with E-state index in [1.165, 1.54) is 0 Å². The molecule has 0 unspecified atom stereocenters. The van der Waals surface area contributed by atoms with Gasteiger partial charge in [-0.15, -0.1) is 0 Å². The van der Waals surface area contributed by atoms with Gasteiger partial charge in [-0.1, -0.05) is 18.2 Å². The Labute approximate surface area is 123 Å². The van der Waals surface area contributed by atoms with Crippen molar-refractivity contribution in [2.75, 3.05) is 24.2 Å². The van der Waals surface area contributed by atoms with Crippen molar-refractivity contribution in [2.45, 2.75) is 13.3 Å². The van der Waals surface area contributed by atoms with E-state index in [-0.39, 0.29) is 12.0 Å². The number of hydrogen-bond acceptors (Lipinski definition) is 7. The molecule has 110 valence electrons. The van der Waals surface area contributed by atoms with Crippen LogP contribution in [0, 0.1) is 0 Å². The average molecular weight is 286 g/mol. The lowest BCUT2D eigenvalue weighted by Crippen LogP contribution is -2.11. The highest BCUT2D eigenvalue weighted by molar-refractivity contribution is 5.33. The van der Waals surface area contributed by atoms with Crippen LogP contribution in [-0.2, 0) is 6.42 Å². The van der Waals surface area contributed by atoms with Gasteiger partial charge in [-0.3, -0.25) is 4.98 Å². The predicted octanol–water partition coefficient (Wildman–Crippen LogP) is 1.46. The predicted molar refractivity (Wildman–Crippen MR) is 81.0 cm³/mol. The fraction of sp³-hybridized carbons (Fsp3) is 0.286. The molecule has 0 fully saturated rings. The van der Waals surface area contributed by atoms with Crippen molar-refractivity contribution in [3.05, 3.63) is 42.2 Å². The Morgan fingerprint density at radius 1 is 1.33 bits per heavy atom. The minimum absolute atomic E-state index is 0.113. The van der Waals surface area contributed by atoms with Crippen LogP contribution in [0.2, 0.25) is 0 Å². The van der Waals surface area contributed by atoms with Gasteiger partial charge in [0.25, 0.3) is 0 Å². The maximum atomic E-state index is 5.63. The normalized spacial score (nSPS) is 10.1. The summed E-state index contributed by atoms with van der Waals surface area (Å²) in [6.45, 7) is 6.68. The molecule has 7 heteroatoms. The Hall–Kier alpha value is -2.70. The highest BCUT2D eigenvalue weighted by Crippen LogP contribution is 2.09. The van der Waals surface area contributed by atoms with Gasteiger partial charge in [0, 0.05) is 24.9 Å². The smallest absolute Gasteiger partial charge is 0.323 e. The molecule has 2 heterocycles. The molecule has 2 rings (SSSR count). The number of ether oxygens (including phenoxy) is 1. The van der Waals surface area contributed by atoms with Gasteiger partial charge in [0.05, 0.1) is 6.61 Å². The zero-order valence-corrected chi connectivity index (χ0v) is 11.9. The first-order valence-corrected chi connectivity index (χ1v) is 6.56. The molecular weight excluding hydrogens is 268 g/mol. The van der Waals surface area contributed by atoms with Gasteiger partial charge in [0.1, 0.15) is 0 Å². The summed E-state index contributed by atoms with van der Waals surface area (Å²) in [5.41, 5.74) is 7.54. The van der Waals surface area contributed by atoms with Crippen molar-refractivity contribution < 1.29 is 4.74 Å². The zero-order valence-electron chi connectivity index (χ0n) is 11.9. The molecule has 0 atom stereocenters. The summed E-state index contributed by atoms with van der Waals surface area (Å²) in [4.78, 5) is 16.3. The van der Waals surface area contributed by atoms with E-state index in [1.54, 1.807) is 6.20 Å². The van der Waals surface area contributed by atoms with Crippen molar-refractivity contribution in [1.29, 1.82) is 0 Å². The molecule has 0 bridgehead atoms. The summed E-state index contributed by atoms with van der Waals surface area (Å²) in [5, 5.41) is 3.00. The van der Waals surface area contributed by atoms with Crippen LogP contribution in [0.4, 0.5) is 11.9 Å². The maximum absolute atomic E-state index is 5.63. The third-order valence-electron chi connectivity index (χ3n) is 2.50. The first kappa shape index (κ1) is 14.7. The van der Waals surface area contributed by atoms with Gasteiger partial charge in [0.15, 0.2) is 0 Å². The number of anilines is 2. The number of nitrogens with two attached hydrogens (primary N) is 1. The van der Waals surface area contributed by atoms with Crippen molar-refractivity contribution >= 4 is 11.9 Å². The molecule has 2 aromatic heterocycles. The van der Waals surface area contributed by atoms with E-state index in [1.807, 2.05) is 25.1 Å². The topological polar surface area (TPSA) is 98.8 Å². The number of pyridine rings is 1. The summed E-state index contributed by atoms with van der Waals surface area (Å²) in [5.74, 6) is 0.486. The van der Waals surface area contributed by atoms with Gasteiger partial charge in [-0.05, 0) is 19.1 Å². The van der Waals surface area contributed by atoms with Gasteiger partial charge in [-0.2, -0.15) is 15.0 Å². The molecule has 2 aromatic rings. The van der Waals surface area contributed by atoms with Crippen LogP contribution in [0.5, 0.6) is 6.01 Å². The number of aromatic nitrogens is 4. The molecule has 0 aromatic carbocycles. The second-order valence-electron chi connectivity index (χ2n) is 4.53. The van der Waals surface area contributed by atoms with Crippen LogP contribution in [0.15, 0.2) is 36.5 Å². The number of nitrogens with zero attached hydrogens (tertiary/aromatic N) is 4. The van der Waals surface area contributed by atoms with E-state index >= 15 is 0 Å². The summed E-state index contributed by atoms with van der Waals surface area (Å²) in [7, 11) is 0. The average Bonchev–Trinajstić information content (AvgIpc) is 2.46. The van der Waals surface area contributed by atoms with Crippen LogP contribution in [-0.4, -0.2) is 33.1 Å². The van der Waals surface area contributed by atoms with Crippen molar-refractivity contribution in [1.82, 2.24) is 19.9 Å². The Kier molecular flexibility index (Phi) is 5.03. The van der Waals surface area contributed by atoms with Crippen LogP contribution in [0.25, 0.3) is 0 Å². The quantitative estimate of drug-likeness (QED) is 0.743. The number of rotatable bonds is 7. The molecule has 21 heavy (non-hydrogen) atoms. The Morgan fingerprint density at radius 3 is 2.90 bits per heavy atom. The monoisotopic (exact) mass is 286 g/mol. The minimum atomic E-state index is 0.113. The van der Waals surface area contributed by atoms with Gasteiger partial charge in [0.2, 0.25) is 11.9 Å².